The molecule has 4 nitrogen and oxygen atoms in total. The highest BCUT2D eigenvalue weighted by Crippen LogP contribution is 2.30. The zero-order valence-corrected chi connectivity index (χ0v) is 16.1. The van der Waals surface area contributed by atoms with Gasteiger partial charge in [-0.15, -0.1) is 0 Å². The molecule has 1 fully saturated rings. The molecule has 120 valence electrons. The number of amides is 1. The Morgan fingerprint density at radius 3 is 2.52 bits per heavy atom. The van der Waals surface area contributed by atoms with Gasteiger partial charge in [-0.3, -0.25) is 4.79 Å². The van der Waals surface area contributed by atoms with Crippen molar-refractivity contribution < 1.29 is 9.53 Å². The molecule has 1 saturated heterocycles. The summed E-state index contributed by atoms with van der Waals surface area (Å²) in [6.07, 6.45) is 0. The van der Waals surface area contributed by atoms with E-state index in [4.69, 9.17) is 4.74 Å². The second kappa shape index (κ2) is 7.63. The van der Waals surface area contributed by atoms with Crippen LogP contribution < -0.4 is 10.2 Å². The average Bonchev–Trinajstić information content (AvgIpc) is 2.56. The van der Waals surface area contributed by atoms with E-state index in [0.29, 0.717) is 18.8 Å². The highest BCUT2D eigenvalue weighted by Gasteiger charge is 2.17. The van der Waals surface area contributed by atoms with Crippen LogP contribution in [0.25, 0.3) is 0 Å². The lowest BCUT2D eigenvalue weighted by Crippen LogP contribution is -2.36. The maximum Gasteiger partial charge on any atom is 0.255 e. The topological polar surface area (TPSA) is 41.6 Å². The van der Waals surface area contributed by atoms with Crippen molar-refractivity contribution in [2.45, 2.75) is 0 Å². The van der Waals surface area contributed by atoms with E-state index >= 15 is 0 Å². The number of rotatable bonds is 3. The van der Waals surface area contributed by atoms with E-state index in [1.807, 2.05) is 42.5 Å². The standard InChI is InChI=1S/C17H16BrIN2O2/c18-13-3-6-16(21-7-9-23-10-8-21)15(11-13)20-17(22)12-1-4-14(19)5-2-12/h1-6,11H,7-10H2,(H,20,22). The Labute approximate surface area is 157 Å². The quantitative estimate of drug-likeness (QED) is 0.663. The third-order valence-electron chi connectivity index (χ3n) is 3.66. The lowest BCUT2D eigenvalue weighted by molar-refractivity contribution is 0.102. The Morgan fingerprint density at radius 2 is 1.83 bits per heavy atom. The van der Waals surface area contributed by atoms with Crippen LogP contribution in [-0.2, 0) is 4.74 Å². The fourth-order valence-electron chi connectivity index (χ4n) is 2.48. The fraction of sp³-hybridized carbons (Fsp3) is 0.235. The van der Waals surface area contributed by atoms with Crippen molar-refractivity contribution in [2.75, 3.05) is 36.5 Å². The number of carbonyl (C=O) groups is 1. The number of carbonyl (C=O) groups excluding carboxylic acids is 1. The van der Waals surface area contributed by atoms with E-state index < -0.39 is 0 Å². The Kier molecular flexibility index (Phi) is 5.55. The van der Waals surface area contributed by atoms with Crippen molar-refractivity contribution in [3.63, 3.8) is 0 Å². The minimum atomic E-state index is -0.103. The Bertz CT molecular complexity index is 700. The summed E-state index contributed by atoms with van der Waals surface area (Å²) < 4.78 is 7.45. The molecule has 1 aliphatic rings. The summed E-state index contributed by atoms with van der Waals surface area (Å²) in [6.45, 7) is 3.07. The molecule has 0 bridgehead atoms. The largest absolute Gasteiger partial charge is 0.378 e. The number of anilines is 2. The van der Waals surface area contributed by atoms with Crippen LogP contribution in [0.2, 0.25) is 0 Å². The first-order chi connectivity index (χ1) is 11.1. The normalized spacial score (nSPS) is 14.6. The summed E-state index contributed by atoms with van der Waals surface area (Å²) in [5.74, 6) is -0.103. The summed E-state index contributed by atoms with van der Waals surface area (Å²) >= 11 is 5.71. The molecule has 0 aromatic heterocycles. The van der Waals surface area contributed by atoms with Crippen molar-refractivity contribution in [1.82, 2.24) is 0 Å². The molecule has 3 rings (SSSR count). The van der Waals surface area contributed by atoms with Gasteiger partial charge in [-0.25, -0.2) is 0 Å². The third kappa shape index (κ3) is 4.24. The second-order valence-corrected chi connectivity index (χ2v) is 7.38. The number of hydrogen-bond acceptors (Lipinski definition) is 3. The number of morpholine rings is 1. The Morgan fingerprint density at radius 1 is 1.13 bits per heavy atom. The first kappa shape index (κ1) is 16.7. The zero-order valence-electron chi connectivity index (χ0n) is 12.4. The number of ether oxygens (including phenoxy) is 1. The van der Waals surface area contributed by atoms with Crippen LogP contribution in [-0.4, -0.2) is 32.2 Å². The van der Waals surface area contributed by atoms with Crippen molar-refractivity contribution in [2.24, 2.45) is 0 Å². The first-order valence-electron chi connectivity index (χ1n) is 7.32. The highest BCUT2D eigenvalue weighted by atomic mass is 127. The zero-order chi connectivity index (χ0) is 16.2. The van der Waals surface area contributed by atoms with Gasteiger partial charge in [0.15, 0.2) is 0 Å². The van der Waals surface area contributed by atoms with E-state index in [-0.39, 0.29) is 5.91 Å². The fourth-order valence-corrected chi connectivity index (χ4v) is 3.20. The monoisotopic (exact) mass is 486 g/mol. The van der Waals surface area contributed by atoms with Crippen molar-refractivity contribution in [3.8, 4) is 0 Å². The van der Waals surface area contributed by atoms with Gasteiger partial charge in [0.05, 0.1) is 24.6 Å². The molecule has 0 aliphatic carbocycles. The van der Waals surface area contributed by atoms with Gasteiger partial charge in [0, 0.05) is 26.7 Å². The molecule has 23 heavy (non-hydrogen) atoms. The molecule has 2 aromatic carbocycles. The van der Waals surface area contributed by atoms with Crippen LogP contribution in [0.5, 0.6) is 0 Å². The predicted molar refractivity (Wildman–Crippen MR) is 104 cm³/mol. The van der Waals surface area contributed by atoms with Crippen molar-refractivity contribution in [3.05, 3.63) is 56.1 Å². The lowest BCUT2D eigenvalue weighted by Gasteiger charge is -2.30. The van der Waals surface area contributed by atoms with E-state index in [2.05, 4.69) is 48.7 Å². The van der Waals surface area contributed by atoms with Gasteiger partial charge in [-0.05, 0) is 65.1 Å². The first-order valence-corrected chi connectivity index (χ1v) is 9.20. The average molecular weight is 487 g/mol. The van der Waals surface area contributed by atoms with Gasteiger partial charge in [0.2, 0.25) is 0 Å². The van der Waals surface area contributed by atoms with Crippen LogP contribution in [0.3, 0.4) is 0 Å². The van der Waals surface area contributed by atoms with Gasteiger partial charge in [-0.2, -0.15) is 0 Å². The molecule has 0 radical (unpaired) electrons. The molecular weight excluding hydrogens is 471 g/mol. The number of nitrogens with zero attached hydrogens (tertiary/aromatic N) is 1. The molecule has 6 heteroatoms. The third-order valence-corrected chi connectivity index (χ3v) is 4.88. The number of hydrogen-bond donors (Lipinski definition) is 1. The maximum absolute atomic E-state index is 12.5. The van der Waals surface area contributed by atoms with Crippen LogP contribution in [0.1, 0.15) is 10.4 Å². The highest BCUT2D eigenvalue weighted by molar-refractivity contribution is 14.1. The second-order valence-electron chi connectivity index (χ2n) is 5.22. The number of halogens is 2. The van der Waals surface area contributed by atoms with E-state index in [0.717, 1.165) is 32.5 Å². The SMILES string of the molecule is O=C(Nc1cc(Br)ccc1N1CCOCC1)c1ccc(I)cc1. The predicted octanol–water partition coefficient (Wildman–Crippen LogP) is 4.14. The molecule has 0 atom stereocenters. The molecule has 1 amide bonds. The summed E-state index contributed by atoms with van der Waals surface area (Å²) in [4.78, 5) is 14.7. The van der Waals surface area contributed by atoms with Gasteiger partial charge < -0.3 is 15.0 Å². The molecule has 1 heterocycles. The molecule has 0 unspecified atom stereocenters. The minimum absolute atomic E-state index is 0.103. The Balaban J connectivity index is 1.84. The van der Waals surface area contributed by atoms with Crippen LogP contribution >= 0.6 is 38.5 Å². The molecule has 1 N–H and O–H groups in total. The van der Waals surface area contributed by atoms with Crippen molar-refractivity contribution >= 4 is 55.8 Å². The summed E-state index contributed by atoms with van der Waals surface area (Å²) in [7, 11) is 0. The molecule has 1 aliphatic heterocycles. The van der Waals surface area contributed by atoms with Gasteiger partial charge in [0.1, 0.15) is 0 Å². The van der Waals surface area contributed by atoms with E-state index in [1.165, 1.54) is 0 Å². The Hall–Kier alpha value is -1.12. The van der Waals surface area contributed by atoms with E-state index in [1.54, 1.807) is 0 Å². The summed E-state index contributed by atoms with van der Waals surface area (Å²) in [6, 6.07) is 13.5. The number of nitrogens with one attached hydrogen (secondary N) is 1. The summed E-state index contributed by atoms with van der Waals surface area (Å²) in [5.41, 5.74) is 2.48. The van der Waals surface area contributed by atoms with Gasteiger partial charge in [-0.1, -0.05) is 15.9 Å². The van der Waals surface area contributed by atoms with Crippen LogP contribution in [0.15, 0.2) is 46.9 Å². The minimum Gasteiger partial charge on any atom is -0.378 e. The summed E-state index contributed by atoms with van der Waals surface area (Å²) in [5, 5.41) is 3.03. The smallest absolute Gasteiger partial charge is 0.255 e. The molecule has 2 aromatic rings. The van der Waals surface area contributed by atoms with Gasteiger partial charge in [0.25, 0.3) is 5.91 Å². The molecule has 0 spiro atoms. The molecular formula is C17H16BrIN2O2. The van der Waals surface area contributed by atoms with Crippen molar-refractivity contribution in [1.29, 1.82) is 0 Å². The maximum atomic E-state index is 12.5. The van der Waals surface area contributed by atoms with Crippen LogP contribution in [0, 0.1) is 3.57 Å². The van der Waals surface area contributed by atoms with E-state index in [9.17, 15) is 4.79 Å². The van der Waals surface area contributed by atoms with Gasteiger partial charge >= 0.3 is 0 Å². The molecule has 0 saturated carbocycles. The number of benzene rings is 2. The lowest BCUT2D eigenvalue weighted by atomic mass is 10.2. The van der Waals surface area contributed by atoms with Crippen LogP contribution in [0.4, 0.5) is 11.4 Å².